The highest BCUT2D eigenvalue weighted by atomic mass is 32.1. The maximum Gasteiger partial charge on any atom is 0.337 e. The minimum Gasteiger partial charge on any atom is -0.478 e. The van der Waals surface area contributed by atoms with Crippen LogP contribution in [0.3, 0.4) is 0 Å². The first-order valence-electron chi connectivity index (χ1n) is 5.69. The van der Waals surface area contributed by atoms with Crippen LogP contribution in [0.15, 0.2) is 36.7 Å². The van der Waals surface area contributed by atoms with E-state index in [4.69, 9.17) is 5.11 Å². The predicted molar refractivity (Wildman–Crippen MR) is 74.5 cm³/mol. The van der Waals surface area contributed by atoms with Gasteiger partial charge in [0.05, 0.1) is 20.8 Å². The molecule has 3 aromatic rings. The number of rotatable bonds is 2. The number of aryl methyl sites for hydroxylation is 1. The van der Waals surface area contributed by atoms with Crippen molar-refractivity contribution in [3.8, 4) is 11.1 Å². The number of carboxylic acids is 1. The van der Waals surface area contributed by atoms with Crippen molar-refractivity contribution in [2.45, 2.75) is 6.92 Å². The lowest BCUT2D eigenvalue weighted by Crippen LogP contribution is -1.97. The molecule has 5 heteroatoms. The number of fused-ring (bicyclic) bond motifs is 1. The number of pyridine rings is 1. The molecular weight excluding hydrogens is 260 g/mol. The van der Waals surface area contributed by atoms with E-state index in [1.54, 1.807) is 23.6 Å². The number of carbonyl (C=O) groups is 1. The van der Waals surface area contributed by atoms with Gasteiger partial charge in [0, 0.05) is 18.0 Å². The first-order valence-corrected chi connectivity index (χ1v) is 6.51. The second-order valence-electron chi connectivity index (χ2n) is 4.18. The smallest absolute Gasteiger partial charge is 0.337 e. The Morgan fingerprint density at radius 3 is 2.84 bits per heavy atom. The molecule has 0 saturated heterocycles. The second-order valence-corrected chi connectivity index (χ2v) is 5.42. The van der Waals surface area contributed by atoms with Gasteiger partial charge in [-0.1, -0.05) is 6.07 Å². The van der Waals surface area contributed by atoms with Crippen LogP contribution < -0.4 is 0 Å². The number of hydrogen-bond acceptors (Lipinski definition) is 4. The van der Waals surface area contributed by atoms with Gasteiger partial charge in [-0.3, -0.25) is 4.98 Å². The number of hydrogen-bond donors (Lipinski definition) is 1. The van der Waals surface area contributed by atoms with Crippen molar-refractivity contribution < 1.29 is 9.90 Å². The van der Waals surface area contributed by atoms with Crippen LogP contribution >= 0.6 is 11.3 Å². The Morgan fingerprint density at radius 2 is 2.05 bits per heavy atom. The van der Waals surface area contributed by atoms with Gasteiger partial charge in [-0.15, -0.1) is 11.3 Å². The van der Waals surface area contributed by atoms with Gasteiger partial charge in [0.1, 0.15) is 0 Å². The molecule has 0 aliphatic rings. The van der Waals surface area contributed by atoms with E-state index in [0.29, 0.717) is 0 Å². The van der Waals surface area contributed by atoms with E-state index in [9.17, 15) is 4.79 Å². The third kappa shape index (κ3) is 2.20. The molecule has 0 unspecified atom stereocenters. The van der Waals surface area contributed by atoms with E-state index in [1.807, 2.05) is 25.1 Å². The van der Waals surface area contributed by atoms with Gasteiger partial charge < -0.3 is 5.11 Å². The fraction of sp³-hybridized carbons (Fsp3) is 0.0714. The summed E-state index contributed by atoms with van der Waals surface area (Å²) in [6.45, 7) is 1.97. The molecule has 0 saturated carbocycles. The highest BCUT2D eigenvalue weighted by molar-refractivity contribution is 7.18. The van der Waals surface area contributed by atoms with Gasteiger partial charge >= 0.3 is 5.97 Å². The second kappa shape index (κ2) is 4.44. The molecule has 0 spiro atoms. The summed E-state index contributed by atoms with van der Waals surface area (Å²) in [7, 11) is 0. The summed E-state index contributed by atoms with van der Waals surface area (Å²) in [5.41, 5.74) is 2.83. The number of aromatic carboxylic acids is 1. The molecule has 0 radical (unpaired) electrons. The molecule has 94 valence electrons. The molecule has 0 aliphatic heterocycles. The molecule has 3 rings (SSSR count). The first kappa shape index (κ1) is 11.8. The zero-order valence-corrected chi connectivity index (χ0v) is 10.9. The average Bonchev–Trinajstić information content (AvgIpc) is 2.77. The third-order valence-corrected chi connectivity index (χ3v) is 3.76. The fourth-order valence-electron chi connectivity index (χ4n) is 1.94. The molecule has 0 amide bonds. The van der Waals surface area contributed by atoms with E-state index >= 15 is 0 Å². The summed E-state index contributed by atoms with van der Waals surface area (Å²) < 4.78 is 1.13. The summed E-state index contributed by atoms with van der Waals surface area (Å²) in [6.07, 6.45) is 3.00. The zero-order valence-electron chi connectivity index (χ0n) is 10.1. The maximum absolute atomic E-state index is 10.9. The van der Waals surface area contributed by atoms with E-state index < -0.39 is 5.97 Å². The predicted octanol–water partition coefficient (Wildman–Crippen LogP) is 3.36. The largest absolute Gasteiger partial charge is 0.478 e. The molecule has 2 heterocycles. The normalized spacial score (nSPS) is 10.8. The Kier molecular flexibility index (Phi) is 2.76. The number of thiazole rings is 1. The number of aromatic nitrogens is 2. The monoisotopic (exact) mass is 270 g/mol. The topological polar surface area (TPSA) is 63.1 Å². The van der Waals surface area contributed by atoms with E-state index in [-0.39, 0.29) is 5.56 Å². The van der Waals surface area contributed by atoms with Gasteiger partial charge in [-0.25, -0.2) is 9.78 Å². The Balaban J connectivity index is 2.12. The molecule has 4 nitrogen and oxygen atoms in total. The van der Waals surface area contributed by atoms with Crippen LogP contribution in [0.2, 0.25) is 0 Å². The standard InChI is InChI=1S/C14H10N2O2S/c1-8-16-12-5-9(2-3-13(12)19-8)10-4-11(14(17)18)7-15-6-10/h2-7H,1H3,(H,17,18). The van der Waals surface area contributed by atoms with Crippen LogP contribution in [0.4, 0.5) is 0 Å². The molecule has 0 bridgehead atoms. The zero-order chi connectivity index (χ0) is 13.4. The summed E-state index contributed by atoms with van der Waals surface area (Å²) in [6, 6.07) is 7.54. The van der Waals surface area contributed by atoms with Crippen LogP contribution in [0.1, 0.15) is 15.4 Å². The highest BCUT2D eigenvalue weighted by Crippen LogP contribution is 2.27. The highest BCUT2D eigenvalue weighted by Gasteiger charge is 2.07. The van der Waals surface area contributed by atoms with Crippen LogP contribution in [-0.2, 0) is 0 Å². The van der Waals surface area contributed by atoms with Crippen molar-refractivity contribution in [2.24, 2.45) is 0 Å². The molecule has 2 aromatic heterocycles. The molecular formula is C14H10N2O2S. The fourth-order valence-corrected chi connectivity index (χ4v) is 2.74. The summed E-state index contributed by atoms with van der Waals surface area (Å²) >= 11 is 1.64. The van der Waals surface area contributed by atoms with E-state index in [2.05, 4.69) is 9.97 Å². The van der Waals surface area contributed by atoms with Crippen LogP contribution in [0.5, 0.6) is 0 Å². The number of carboxylic acid groups (broad SMARTS) is 1. The third-order valence-electron chi connectivity index (χ3n) is 2.81. The Bertz CT molecular complexity index is 780. The average molecular weight is 270 g/mol. The number of benzene rings is 1. The molecule has 0 fully saturated rings. The van der Waals surface area contributed by atoms with E-state index in [0.717, 1.165) is 26.4 Å². The van der Waals surface area contributed by atoms with Crippen molar-refractivity contribution in [3.05, 3.63) is 47.2 Å². The lowest BCUT2D eigenvalue weighted by molar-refractivity contribution is 0.0696. The van der Waals surface area contributed by atoms with Crippen molar-refractivity contribution in [1.29, 1.82) is 0 Å². The molecule has 0 atom stereocenters. The van der Waals surface area contributed by atoms with Crippen LogP contribution in [0, 0.1) is 6.92 Å². The molecule has 0 aliphatic carbocycles. The van der Waals surface area contributed by atoms with Gasteiger partial charge in [-0.05, 0) is 30.7 Å². The van der Waals surface area contributed by atoms with Crippen molar-refractivity contribution >= 4 is 27.5 Å². The van der Waals surface area contributed by atoms with Crippen molar-refractivity contribution in [2.75, 3.05) is 0 Å². The van der Waals surface area contributed by atoms with Gasteiger partial charge in [-0.2, -0.15) is 0 Å². The maximum atomic E-state index is 10.9. The number of nitrogens with zero attached hydrogens (tertiary/aromatic N) is 2. The van der Waals surface area contributed by atoms with E-state index in [1.165, 1.54) is 6.20 Å². The summed E-state index contributed by atoms with van der Waals surface area (Å²) in [5, 5.41) is 10.00. The molecule has 1 N–H and O–H groups in total. The molecule has 1 aromatic carbocycles. The van der Waals surface area contributed by atoms with Gasteiger partial charge in [0.2, 0.25) is 0 Å². The van der Waals surface area contributed by atoms with Crippen LogP contribution in [0.25, 0.3) is 21.3 Å². The lowest BCUT2D eigenvalue weighted by Gasteiger charge is -2.02. The SMILES string of the molecule is Cc1nc2cc(-c3cncc(C(=O)O)c3)ccc2s1. The first-order chi connectivity index (χ1) is 9.13. The van der Waals surface area contributed by atoms with Crippen LogP contribution in [-0.4, -0.2) is 21.0 Å². The van der Waals surface area contributed by atoms with Crippen molar-refractivity contribution in [1.82, 2.24) is 9.97 Å². The van der Waals surface area contributed by atoms with Gasteiger partial charge in [0.25, 0.3) is 0 Å². The Labute approximate surface area is 113 Å². The van der Waals surface area contributed by atoms with Gasteiger partial charge in [0.15, 0.2) is 0 Å². The Hall–Kier alpha value is -2.27. The quantitative estimate of drug-likeness (QED) is 0.775. The Morgan fingerprint density at radius 1 is 1.21 bits per heavy atom. The minimum absolute atomic E-state index is 0.187. The minimum atomic E-state index is -0.972. The van der Waals surface area contributed by atoms with Crippen molar-refractivity contribution in [3.63, 3.8) is 0 Å². The summed E-state index contributed by atoms with van der Waals surface area (Å²) in [4.78, 5) is 19.4. The summed E-state index contributed by atoms with van der Waals surface area (Å²) in [5.74, 6) is -0.972. The lowest BCUT2D eigenvalue weighted by atomic mass is 10.1. The molecule has 19 heavy (non-hydrogen) atoms.